The minimum atomic E-state index is -0.130. The Kier molecular flexibility index (Phi) is 3.80. The fourth-order valence-electron chi connectivity index (χ4n) is 3.77. The van der Waals surface area contributed by atoms with Crippen LogP contribution in [-0.4, -0.2) is 29.5 Å². The zero-order chi connectivity index (χ0) is 18.4. The highest BCUT2D eigenvalue weighted by molar-refractivity contribution is 6.16. The van der Waals surface area contributed by atoms with Crippen molar-refractivity contribution in [3.05, 3.63) is 59.8 Å². The molecule has 26 heavy (non-hydrogen) atoms. The SMILES string of the molecule is COc1ccc2c(c1)c(C(=O)N1c3ccccc3CC1C)cn2C(C)=O. The van der Waals surface area contributed by atoms with Crippen LogP contribution in [-0.2, 0) is 6.42 Å². The van der Waals surface area contributed by atoms with Gasteiger partial charge in [0.2, 0.25) is 5.91 Å². The largest absolute Gasteiger partial charge is 0.497 e. The lowest BCUT2D eigenvalue weighted by Gasteiger charge is -2.22. The quantitative estimate of drug-likeness (QED) is 0.706. The summed E-state index contributed by atoms with van der Waals surface area (Å²) in [7, 11) is 1.59. The van der Waals surface area contributed by atoms with Gasteiger partial charge in [-0.2, -0.15) is 0 Å². The number of aromatic nitrogens is 1. The number of fused-ring (bicyclic) bond motifs is 2. The summed E-state index contributed by atoms with van der Waals surface area (Å²) in [5.41, 5.74) is 3.33. The molecule has 0 N–H and O–H groups in total. The number of hydrogen-bond acceptors (Lipinski definition) is 3. The van der Waals surface area contributed by atoms with Gasteiger partial charge < -0.3 is 9.64 Å². The molecular weight excluding hydrogens is 328 g/mol. The molecule has 5 nitrogen and oxygen atoms in total. The van der Waals surface area contributed by atoms with E-state index < -0.39 is 0 Å². The minimum Gasteiger partial charge on any atom is -0.497 e. The van der Waals surface area contributed by atoms with Crippen LogP contribution in [0.25, 0.3) is 10.9 Å². The number of methoxy groups -OCH3 is 1. The molecule has 0 fully saturated rings. The van der Waals surface area contributed by atoms with E-state index in [0.29, 0.717) is 16.8 Å². The number of ether oxygens (including phenoxy) is 1. The number of anilines is 1. The first-order valence-electron chi connectivity index (χ1n) is 8.62. The van der Waals surface area contributed by atoms with Gasteiger partial charge >= 0.3 is 0 Å². The maximum Gasteiger partial charge on any atom is 0.260 e. The lowest BCUT2D eigenvalue weighted by atomic mass is 10.1. The highest BCUT2D eigenvalue weighted by Gasteiger charge is 2.33. The molecule has 1 aromatic heterocycles. The van der Waals surface area contributed by atoms with E-state index in [2.05, 4.69) is 6.07 Å². The molecule has 1 amide bonds. The van der Waals surface area contributed by atoms with Crippen LogP contribution in [0.2, 0.25) is 0 Å². The molecule has 0 spiro atoms. The summed E-state index contributed by atoms with van der Waals surface area (Å²) < 4.78 is 6.83. The zero-order valence-electron chi connectivity index (χ0n) is 15.0. The summed E-state index contributed by atoms with van der Waals surface area (Å²) >= 11 is 0. The van der Waals surface area contributed by atoms with E-state index in [1.54, 1.807) is 19.4 Å². The second kappa shape index (κ2) is 6.02. The number of nitrogens with zero attached hydrogens (tertiary/aromatic N) is 2. The first-order chi connectivity index (χ1) is 12.5. The molecule has 1 atom stereocenters. The van der Waals surface area contributed by atoms with Gasteiger partial charge in [0.1, 0.15) is 5.75 Å². The Hall–Kier alpha value is -3.08. The molecule has 132 valence electrons. The van der Waals surface area contributed by atoms with Gasteiger partial charge in [-0.3, -0.25) is 14.2 Å². The van der Waals surface area contributed by atoms with E-state index in [0.717, 1.165) is 17.5 Å². The van der Waals surface area contributed by atoms with Gasteiger partial charge in [-0.25, -0.2) is 0 Å². The van der Waals surface area contributed by atoms with Crippen molar-refractivity contribution in [2.24, 2.45) is 0 Å². The number of benzene rings is 2. The second-order valence-corrected chi connectivity index (χ2v) is 6.67. The van der Waals surface area contributed by atoms with Gasteiger partial charge in [-0.1, -0.05) is 18.2 Å². The number of carbonyl (C=O) groups excluding carboxylic acids is 2. The van der Waals surface area contributed by atoms with Crippen molar-refractivity contribution in [2.45, 2.75) is 26.3 Å². The van der Waals surface area contributed by atoms with Crippen LogP contribution in [0.5, 0.6) is 5.75 Å². The third-order valence-corrected chi connectivity index (χ3v) is 5.01. The summed E-state index contributed by atoms with van der Waals surface area (Å²) in [6, 6.07) is 13.5. The predicted octanol–water partition coefficient (Wildman–Crippen LogP) is 3.90. The van der Waals surface area contributed by atoms with E-state index in [-0.39, 0.29) is 17.9 Å². The first-order valence-corrected chi connectivity index (χ1v) is 8.62. The molecule has 0 radical (unpaired) electrons. The third-order valence-electron chi connectivity index (χ3n) is 5.01. The zero-order valence-corrected chi connectivity index (χ0v) is 15.0. The van der Waals surface area contributed by atoms with E-state index in [1.807, 2.05) is 42.2 Å². The van der Waals surface area contributed by atoms with E-state index in [1.165, 1.54) is 17.1 Å². The monoisotopic (exact) mass is 348 g/mol. The Bertz CT molecular complexity index is 1030. The lowest BCUT2D eigenvalue weighted by molar-refractivity contribution is 0.0941. The smallest absolute Gasteiger partial charge is 0.260 e. The van der Waals surface area contributed by atoms with Crippen LogP contribution in [0.3, 0.4) is 0 Å². The summed E-state index contributed by atoms with van der Waals surface area (Å²) in [6.07, 6.45) is 2.47. The van der Waals surface area contributed by atoms with Crippen molar-refractivity contribution >= 4 is 28.4 Å². The molecule has 5 heteroatoms. The number of amides is 1. The molecule has 4 rings (SSSR count). The van der Waals surface area contributed by atoms with E-state index in [9.17, 15) is 9.59 Å². The van der Waals surface area contributed by atoms with Crippen LogP contribution < -0.4 is 9.64 Å². The van der Waals surface area contributed by atoms with Crippen LogP contribution in [0.1, 0.15) is 34.6 Å². The number of para-hydroxylation sites is 1. The second-order valence-electron chi connectivity index (χ2n) is 6.67. The maximum absolute atomic E-state index is 13.4. The molecule has 2 heterocycles. The van der Waals surface area contributed by atoms with Crippen LogP contribution in [0, 0.1) is 0 Å². The lowest BCUT2D eigenvalue weighted by Crippen LogP contribution is -2.35. The van der Waals surface area contributed by atoms with E-state index >= 15 is 0 Å². The minimum absolute atomic E-state index is 0.0706. The molecule has 3 aromatic rings. The molecule has 1 aliphatic heterocycles. The van der Waals surface area contributed by atoms with Crippen molar-refractivity contribution in [1.82, 2.24) is 4.57 Å². The molecule has 0 saturated carbocycles. The van der Waals surface area contributed by atoms with E-state index in [4.69, 9.17) is 4.74 Å². The highest BCUT2D eigenvalue weighted by Crippen LogP contribution is 2.35. The Morgan fingerprint density at radius 1 is 1.15 bits per heavy atom. The van der Waals surface area contributed by atoms with Crippen molar-refractivity contribution < 1.29 is 14.3 Å². The highest BCUT2D eigenvalue weighted by atomic mass is 16.5. The number of hydrogen-bond donors (Lipinski definition) is 0. The van der Waals surface area contributed by atoms with Gasteiger partial charge in [0.15, 0.2) is 0 Å². The van der Waals surface area contributed by atoms with Gasteiger partial charge in [0.05, 0.1) is 18.2 Å². The average molecular weight is 348 g/mol. The molecule has 0 saturated heterocycles. The third kappa shape index (κ3) is 2.39. The van der Waals surface area contributed by atoms with Crippen LogP contribution in [0.15, 0.2) is 48.7 Å². The molecule has 0 bridgehead atoms. The standard InChI is InChI=1S/C21H20N2O3/c1-13-10-15-6-4-5-7-19(15)23(13)21(25)18-12-22(14(2)24)20-9-8-16(26-3)11-17(18)20/h4-9,11-13H,10H2,1-3H3. The first kappa shape index (κ1) is 16.4. The summed E-state index contributed by atoms with van der Waals surface area (Å²) in [5, 5.41) is 0.723. The molecule has 1 unspecified atom stereocenters. The molecule has 1 aliphatic rings. The summed E-state index contributed by atoms with van der Waals surface area (Å²) in [6.45, 7) is 3.54. The van der Waals surface area contributed by atoms with Crippen molar-refractivity contribution in [3.8, 4) is 5.75 Å². The molecular formula is C21H20N2O3. The average Bonchev–Trinajstić information content (AvgIpc) is 3.17. The van der Waals surface area contributed by atoms with Gasteiger partial charge in [-0.15, -0.1) is 0 Å². The Balaban J connectivity index is 1.88. The molecule has 0 aliphatic carbocycles. The Labute approximate surface area is 151 Å². The van der Waals surface area contributed by atoms with Crippen LogP contribution >= 0.6 is 0 Å². The summed E-state index contributed by atoms with van der Waals surface area (Å²) in [5.74, 6) is 0.428. The normalized spacial score (nSPS) is 16.0. The predicted molar refractivity (Wildman–Crippen MR) is 101 cm³/mol. The van der Waals surface area contributed by atoms with Gasteiger partial charge in [-0.05, 0) is 43.2 Å². The fourth-order valence-corrected chi connectivity index (χ4v) is 3.77. The maximum atomic E-state index is 13.4. The van der Waals surface area contributed by atoms with Crippen molar-refractivity contribution in [1.29, 1.82) is 0 Å². The van der Waals surface area contributed by atoms with Crippen molar-refractivity contribution in [2.75, 3.05) is 12.0 Å². The van der Waals surface area contributed by atoms with Gasteiger partial charge in [0.25, 0.3) is 5.91 Å². The number of carbonyl (C=O) groups is 2. The van der Waals surface area contributed by atoms with Crippen LogP contribution in [0.4, 0.5) is 5.69 Å². The number of rotatable bonds is 2. The summed E-state index contributed by atoms with van der Waals surface area (Å²) in [4.78, 5) is 27.3. The fraction of sp³-hybridized carbons (Fsp3) is 0.238. The topological polar surface area (TPSA) is 51.5 Å². The Morgan fingerprint density at radius 2 is 1.92 bits per heavy atom. The molecule has 2 aromatic carbocycles. The Morgan fingerprint density at radius 3 is 2.65 bits per heavy atom. The van der Waals surface area contributed by atoms with Crippen molar-refractivity contribution in [3.63, 3.8) is 0 Å². The van der Waals surface area contributed by atoms with Gasteiger partial charge in [0, 0.05) is 30.2 Å².